The van der Waals surface area contributed by atoms with Gasteiger partial charge in [0.15, 0.2) is 0 Å². The van der Waals surface area contributed by atoms with Crippen LogP contribution in [-0.2, 0) is 11.2 Å². The Balaban J connectivity index is 1.50. The van der Waals surface area contributed by atoms with Gasteiger partial charge in [0.05, 0.1) is 6.54 Å². The Labute approximate surface area is 147 Å². The summed E-state index contributed by atoms with van der Waals surface area (Å²) in [5, 5.41) is 3.08. The minimum absolute atomic E-state index is 0.100. The van der Waals surface area contributed by atoms with Crippen molar-refractivity contribution in [2.45, 2.75) is 25.3 Å². The van der Waals surface area contributed by atoms with Crippen molar-refractivity contribution in [2.24, 2.45) is 0 Å². The molecule has 1 aromatic carbocycles. The molecule has 1 aromatic rings. The number of nitrogens with one attached hydrogen (secondary N) is 1. The first-order valence-corrected chi connectivity index (χ1v) is 8.73. The van der Waals surface area contributed by atoms with E-state index in [0.29, 0.717) is 19.5 Å². The standard InChI is InChI=1S/C18H25FN4O2/c1-21(2)17(24)12-22-8-6-15(7-9-22)20-18(25)23-10-5-13-11-14(19)3-4-16(13)23/h3-4,11,15H,5-10,12H2,1-2H3,(H,20,25). The van der Waals surface area contributed by atoms with Crippen LogP contribution in [0.5, 0.6) is 0 Å². The van der Waals surface area contributed by atoms with E-state index < -0.39 is 0 Å². The number of piperidine rings is 1. The second-order valence-corrected chi connectivity index (χ2v) is 6.96. The smallest absolute Gasteiger partial charge is 0.322 e. The van der Waals surface area contributed by atoms with Gasteiger partial charge in [0.2, 0.25) is 5.91 Å². The maximum atomic E-state index is 13.3. The first-order chi connectivity index (χ1) is 11.9. The van der Waals surface area contributed by atoms with Crippen LogP contribution in [0.3, 0.4) is 0 Å². The Morgan fingerprint density at radius 3 is 2.64 bits per heavy atom. The largest absolute Gasteiger partial charge is 0.348 e. The number of benzene rings is 1. The van der Waals surface area contributed by atoms with Crippen LogP contribution >= 0.6 is 0 Å². The molecule has 1 fully saturated rings. The zero-order valence-electron chi connectivity index (χ0n) is 14.8. The van der Waals surface area contributed by atoms with E-state index in [2.05, 4.69) is 10.2 Å². The summed E-state index contributed by atoms with van der Waals surface area (Å²) in [4.78, 5) is 29.7. The topological polar surface area (TPSA) is 55.9 Å². The Bertz CT molecular complexity index is 656. The van der Waals surface area contributed by atoms with E-state index in [1.165, 1.54) is 12.1 Å². The summed E-state index contributed by atoms with van der Waals surface area (Å²) in [6.07, 6.45) is 2.35. The summed E-state index contributed by atoms with van der Waals surface area (Å²) in [7, 11) is 3.52. The molecule has 7 heteroatoms. The Hall–Kier alpha value is -2.15. The van der Waals surface area contributed by atoms with E-state index in [9.17, 15) is 14.0 Å². The quantitative estimate of drug-likeness (QED) is 0.900. The molecule has 1 N–H and O–H groups in total. The molecule has 3 rings (SSSR count). The van der Waals surface area contributed by atoms with E-state index >= 15 is 0 Å². The van der Waals surface area contributed by atoms with E-state index in [1.807, 2.05) is 0 Å². The summed E-state index contributed by atoms with van der Waals surface area (Å²) in [5.41, 5.74) is 1.68. The number of fused-ring (bicyclic) bond motifs is 1. The number of urea groups is 1. The molecule has 2 heterocycles. The second kappa shape index (κ2) is 7.39. The molecule has 1 saturated heterocycles. The fourth-order valence-electron chi connectivity index (χ4n) is 3.40. The Morgan fingerprint density at radius 1 is 1.24 bits per heavy atom. The van der Waals surface area contributed by atoms with Crippen LogP contribution in [0, 0.1) is 5.82 Å². The number of anilines is 1. The zero-order valence-corrected chi connectivity index (χ0v) is 14.8. The number of carbonyl (C=O) groups is 2. The van der Waals surface area contributed by atoms with Gasteiger partial charge >= 0.3 is 6.03 Å². The SMILES string of the molecule is CN(C)C(=O)CN1CCC(NC(=O)N2CCc3cc(F)ccc32)CC1. The minimum Gasteiger partial charge on any atom is -0.348 e. The maximum absolute atomic E-state index is 13.3. The molecule has 0 saturated carbocycles. The molecule has 6 nitrogen and oxygen atoms in total. The van der Waals surface area contributed by atoms with E-state index in [0.717, 1.165) is 37.2 Å². The number of nitrogens with zero attached hydrogens (tertiary/aromatic N) is 3. The van der Waals surface area contributed by atoms with E-state index in [1.54, 1.807) is 30.0 Å². The average Bonchev–Trinajstić information content (AvgIpc) is 2.99. The lowest BCUT2D eigenvalue weighted by Gasteiger charge is -2.33. The van der Waals surface area contributed by atoms with Crippen LogP contribution in [-0.4, -0.2) is 68.1 Å². The normalized spacial score (nSPS) is 18.1. The Morgan fingerprint density at radius 2 is 1.96 bits per heavy atom. The highest BCUT2D eigenvalue weighted by molar-refractivity contribution is 5.94. The predicted molar refractivity (Wildman–Crippen MR) is 94.1 cm³/mol. The lowest BCUT2D eigenvalue weighted by molar-refractivity contribution is -0.130. The summed E-state index contributed by atoms with van der Waals surface area (Å²) in [6, 6.07) is 4.57. The molecule has 136 valence electrons. The number of halogens is 1. The third-order valence-corrected chi connectivity index (χ3v) is 4.96. The van der Waals surface area contributed by atoms with Crippen molar-refractivity contribution < 1.29 is 14.0 Å². The van der Waals surface area contributed by atoms with Crippen molar-refractivity contribution in [1.82, 2.24) is 15.1 Å². The molecular weight excluding hydrogens is 323 g/mol. The second-order valence-electron chi connectivity index (χ2n) is 6.96. The van der Waals surface area contributed by atoms with Crippen molar-refractivity contribution in [2.75, 3.05) is 45.2 Å². The number of likely N-dealkylation sites (tertiary alicyclic amines) is 1. The molecule has 0 aromatic heterocycles. The number of rotatable bonds is 3. The lowest BCUT2D eigenvalue weighted by Crippen LogP contribution is -2.50. The molecule has 2 aliphatic rings. The first-order valence-electron chi connectivity index (χ1n) is 8.73. The Kier molecular flexibility index (Phi) is 5.22. The van der Waals surface area contributed by atoms with Crippen LogP contribution in [0.25, 0.3) is 0 Å². The van der Waals surface area contributed by atoms with Gasteiger partial charge in [-0.15, -0.1) is 0 Å². The molecule has 0 atom stereocenters. The fourth-order valence-corrected chi connectivity index (χ4v) is 3.40. The number of hydrogen-bond donors (Lipinski definition) is 1. The van der Waals surface area contributed by atoms with Crippen molar-refractivity contribution in [3.63, 3.8) is 0 Å². The molecule has 0 bridgehead atoms. The van der Waals surface area contributed by atoms with Crippen LogP contribution in [0.15, 0.2) is 18.2 Å². The van der Waals surface area contributed by atoms with Gasteiger partial charge in [-0.2, -0.15) is 0 Å². The van der Waals surface area contributed by atoms with Crippen LogP contribution in [0.2, 0.25) is 0 Å². The zero-order chi connectivity index (χ0) is 18.0. The van der Waals surface area contributed by atoms with Crippen molar-refractivity contribution in [1.29, 1.82) is 0 Å². The molecule has 0 unspecified atom stereocenters. The summed E-state index contributed by atoms with van der Waals surface area (Å²) in [6.45, 7) is 2.61. The van der Waals surface area contributed by atoms with Crippen molar-refractivity contribution >= 4 is 17.6 Å². The molecular formula is C18H25FN4O2. The lowest BCUT2D eigenvalue weighted by atomic mass is 10.1. The van der Waals surface area contributed by atoms with Crippen LogP contribution in [0.4, 0.5) is 14.9 Å². The summed E-state index contributed by atoms with van der Waals surface area (Å²) in [5.74, 6) is -0.163. The van der Waals surface area contributed by atoms with E-state index in [-0.39, 0.29) is 23.8 Å². The highest BCUT2D eigenvalue weighted by Crippen LogP contribution is 2.28. The van der Waals surface area contributed by atoms with Gasteiger partial charge in [0.1, 0.15) is 5.82 Å². The van der Waals surface area contributed by atoms with Gasteiger partial charge in [0, 0.05) is 45.5 Å². The van der Waals surface area contributed by atoms with Crippen molar-refractivity contribution in [3.8, 4) is 0 Å². The summed E-state index contributed by atoms with van der Waals surface area (Å²) >= 11 is 0. The molecule has 0 aliphatic carbocycles. The van der Waals surface area contributed by atoms with Crippen LogP contribution < -0.4 is 10.2 Å². The van der Waals surface area contributed by atoms with Gasteiger partial charge in [-0.05, 0) is 43.0 Å². The molecule has 3 amide bonds. The van der Waals surface area contributed by atoms with Crippen molar-refractivity contribution in [3.05, 3.63) is 29.6 Å². The van der Waals surface area contributed by atoms with Gasteiger partial charge in [0.25, 0.3) is 0 Å². The molecule has 0 spiro atoms. The maximum Gasteiger partial charge on any atom is 0.322 e. The number of likely N-dealkylation sites (N-methyl/N-ethyl adjacent to an activating group) is 1. The molecule has 25 heavy (non-hydrogen) atoms. The third kappa shape index (κ3) is 4.10. The fraction of sp³-hybridized carbons (Fsp3) is 0.556. The highest BCUT2D eigenvalue weighted by atomic mass is 19.1. The van der Waals surface area contributed by atoms with Gasteiger partial charge < -0.3 is 10.2 Å². The minimum atomic E-state index is -0.263. The van der Waals surface area contributed by atoms with Crippen LogP contribution in [0.1, 0.15) is 18.4 Å². The highest BCUT2D eigenvalue weighted by Gasteiger charge is 2.28. The molecule has 2 aliphatic heterocycles. The molecule has 0 radical (unpaired) electrons. The van der Waals surface area contributed by atoms with E-state index in [4.69, 9.17) is 0 Å². The number of carbonyl (C=O) groups excluding carboxylic acids is 2. The van der Waals surface area contributed by atoms with Gasteiger partial charge in [-0.25, -0.2) is 9.18 Å². The average molecular weight is 348 g/mol. The monoisotopic (exact) mass is 348 g/mol. The van der Waals surface area contributed by atoms with Gasteiger partial charge in [-0.1, -0.05) is 0 Å². The van der Waals surface area contributed by atoms with Gasteiger partial charge in [-0.3, -0.25) is 14.6 Å². The number of hydrogen-bond acceptors (Lipinski definition) is 3. The predicted octanol–water partition coefficient (Wildman–Crippen LogP) is 1.45. The first kappa shape index (κ1) is 17.7. The number of amides is 3. The third-order valence-electron chi connectivity index (χ3n) is 4.96. The summed E-state index contributed by atoms with van der Waals surface area (Å²) < 4.78 is 13.3.